The number of halogens is 1. The molecule has 0 spiro atoms. The predicted molar refractivity (Wildman–Crippen MR) is 93.9 cm³/mol. The second-order valence-corrected chi connectivity index (χ2v) is 5.96. The van der Waals surface area contributed by atoms with Crippen molar-refractivity contribution in [2.75, 3.05) is 37.6 Å². The van der Waals surface area contributed by atoms with E-state index in [0.29, 0.717) is 45.1 Å². The van der Waals surface area contributed by atoms with Crippen LogP contribution in [0.3, 0.4) is 0 Å². The van der Waals surface area contributed by atoms with Crippen molar-refractivity contribution in [3.05, 3.63) is 54.1 Å². The van der Waals surface area contributed by atoms with E-state index in [9.17, 15) is 14.0 Å². The quantitative estimate of drug-likeness (QED) is 0.812. The standard InChI is InChI=1S/C18H20FN5O2/c19-15-4-2-14(3-5-15)6-9-20-16(25)17(26)23-10-12-24(13-11-23)18-21-7-1-8-22-18/h1-5,7-8H,6,9-13H2,(H,20,25). The molecule has 0 aliphatic carbocycles. The summed E-state index contributed by atoms with van der Waals surface area (Å²) in [5.41, 5.74) is 0.899. The number of nitrogens with zero attached hydrogens (tertiary/aromatic N) is 4. The van der Waals surface area contributed by atoms with Crippen LogP contribution >= 0.6 is 0 Å². The zero-order chi connectivity index (χ0) is 18.4. The second-order valence-electron chi connectivity index (χ2n) is 5.96. The van der Waals surface area contributed by atoms with Crippen molar-refractivity contribution in [3.63, 3.8) is 0 Å². The zero-order valence-electron chi connectivity index (χ0n) is 14.3. The van der Waals surface area contributed by atoms with Crippen LogP contribution in [0.2, 0.25) is 0 Å². The van der Waals surface area contributed by atoms with Crippen LogP contribution in [0.15, 0.2) is 42.7 Å². The van der Waals surface area contributed by atoms with E-state index in [0.717, 1.165) is 5.56 Å². The summed E-state index contributed by atoms with van der Waals surface area (Å²) in [4.78, 5) is 36.2. The fraction of sp³-hybridized carbons (Fsp3) is 0.333. The number of hydrogen-bond acceptors (Lipinski definition) is 5. The summed E-state index contributed by atoms with van der Waals surface area (Å²) >= 11 is 0. The van der Waals surface area contributed by atoms with Gasteiger partial charge in [-0.1, -0.05) is 12.1 Å². The molecule has 8 heteroatoms. The molecule has 1 aliphatic heterocycles. The summed E-state index contributed by atoms with van der Waals surface area (Å²) in [6, 6.07) is 7.82. The molecule has 3 rings (SSSR count). The number of piperazine rings is 1. The molecule has 0 unspecified atom stereocenters. The van der Waals surface area contributed by atoms with Crippen molar-refractivity contribution in [1.82, 2.24) is 20.2 Å². The molecule has 0 radical (unpaired) electrons. The maximum atomic E-state index is 12.9. The van der Waals surface area contributed by atoms with Crippen molar-refractivity contribution in [3.8, 4) is 0 Å². The van der Waals surface area contributed by atoms with Crippen LogP contribution in [0.1, 0.15) is 5.56 Å². The minimum atomic E-state index is -0.614. The molecule has 1 saturated heterocycles. The molecule has 2 amide bonds. The first-order valence-electron chi connectivity index (χ1n) is 8.47. The SMILES string of the molecule is O=C(NCCc1ccc(F)cc1)C(=O)N1CCN(c2ncccn2)CC1. The number of anilines is 1. The third kappa shape index (κ3) is 4.53. The van der Waals surface area contributed by atoms with Gasteiger partial charge in [-0.3, -0.25) is 9.59 Å². The third-order valence-electron chi connectivity index (χ3n) is 4.21. The van der Waals surface area contributed by atoms with Gasteiger partial charge < -0.3 is 15.1 Å². The largest absolute Gasteiger partial charge is 0.347 e. The molecule has 1 aliphatic rings. The number of rotatable bonds is 4. The van der Waals surface area contributed by atoms with Crippen LogP contribution in [0.5, 0.6) is 0 Å². The van der Waals surface area contributed by atoms with Gasteiger partial charge >= 0.3 is 11.8 Å². The molecular formula is C18H20FN5O2. The van der Waals surface area contributed by atoms with Crippen molar-refractivity contribution in [2.45, 2.75) is 6.42 Å². The van der Waals surface area contributed by atoms with E-state index in [2.05, 4.69) is 15.3 Å². The van der Waals surface area contributed by atoms with Crippen molar-refractivity contribution >= 4 is 17.8 Å². The number of amides is 2. The van der Waals surface area contributed by atoms with Gasteiger partial charge in [0.05, 0.1) is 0 Å². The highest BCUT2D eigenvalue weighted by Gasteiger charge is 2.26. The van der Waals surface area contributed by atoms with Gasteiger partial charge in [0.1, 0.15) is 5.82 Å². The van der Waals surface area contributed by atoms with E-state index in [1.54, 1.807) is 30.6 Å². The van der Waals surface area contributed by atoms with E-state index < -0.39 is 11.8 Å². The molecule has 0 bridgehead atoms. The lowest BCUT2D eigenvalue weighted by atomic mass is 10.1. The van der Waals surface area contributed by atoms with E-state index >= 15 is 0 Å². The highest BCUT2D eigenvalue weighted by atomic mass is 19.1. The van der Waals surface area contributed by atoms with Crippen molar-refractivity contribution < 1.29 is 14.0 Å². The Morgan fingerprint density at radius 1 is 1.04 bits per heavy atom. The molecule has 2 heterocycles. The Hall–Kier alpha value is -3.03. The molecule has 26 heavy (non-hydrogen) atoms. The first-order chi connectivity index (χ1) is 12.6. The van der Waals surface area contributed by atoms with Crippen molar-refractivity contribution in [1.29, 1.82) is 0 Å². The van der Waals surface area contributed by atoms with Crippen LogP contribution in [0.25, 0.3) is 0 Å². The number of carbonyl (C=O) groups excluding carboxylic acids is 2. The van der Waals surface area contributed by atoms with Crippen LogP contribution in [0, 0.1) is 5.82 Å². The van der Waals surface area contributed by atoms with Crippen molar-refractivity contribution in [2.24, 2.45) is 0 Å². The number of benzene rings is 1. The molecule has 2 aromatic rings. The monoisotopic (exact) mass is 357 g/mol. The summed E-state index contributed by atoms with van der Waals surface area (Å²) < 4.78 is 12.9. The van der Waals surface area contributed by atoms with Gasteiger partial charge in [0.2, 0.25) is 5.95 Å². The Labute approximate surface area is 150 Å². The Morgan fingerprint density at radius 2 is 1.69 bits per heavy atom. The van der Waals surface area contributed by atoms with Crippen LogP contribution in [-0.4, -0.2) is 59.4 Å². The van der Waals surface area contributed by atoms with E-state index in [1.807, 2.05) is 4.90 Å². The zero-order valence-corrected chi connectivity index (χ0v) is 14.3. The molecule has 1 aromatic carbocycles. The van der Waals surface area contributed by atoms with Gasteiger partial charge in [-0.15, -0.1) is 0 Å². The van der Waals surface area contributed by atoms with Gasteiger partial charge in [0, 0.05) is 45.1 Å². The lowest BCUT2D eigenvalue weighted by Gasteiger charge is -2.34. The van der Waals surface area contributed by atoms with Crippen LogP contribution < -0.4 is 10.2 Å². The smallest absolute Gasteiger partial charge is 0.312 e. The summed E-state index contributed by atoms with van der Waals surface area (Å²) in [5, 5.41) is 2.62. The minimum Gasteiger partial charge on any atom is -0.347 e. The number of hydrogen-bond donors (Lipinski definition) is 1. The fourth-order valence-corrected chi connectivity index (χ4v) is 2.75. The lowest BCUT2D eigenvalue weighted by Crippen LogP contribution is -2.53. The minimum absolute atomic E-state index is 0.298. The first-order valence-corrected chi connectivity index (χ1v) is 8.47. The number of aromatic nitrogens is 2. The average Bonchev–Trinajstić information content (AvgIpc) is 2.69. The number of nitrogens with one attached hydrogen (secondary N) is 1. The van der Waals surface area contributed by atoms with Crippen LogP contribution in [0.4, 0.5) is 10.3 Å². The first kappa shape index (κ1) is 17.8. The lowest BCUT2D eigenvalue weighted by molar-refractivity contribution is -0.146. The Balaban J connectivity index is 1.43. The molecular weight excluding hydrogens is 337 g/mol. The normalized spacial score (nSPS) is 14.2. The Bertz CT molecular complexity index is 746. The average molecular weight is 357 g/mol. The Morgan fingerprint density at radius 3 is 2.35 bits per heavy atom. The van der Waals surface area contributed by atoms with Gasteiger partial charge in [-0.05, 0) is 30.2 Å². The van der Waals surface area contributed by atoms with Crippen LogP contribution in [-0.2, 0) is 16.0 Å². The highest BCUT2D eigenvalue weighted by molar-refractivity contribution is 6.35. The Kier molecular flexibility index (Phi) is 5.73. The molecule has 136 valence electrons. The van der Waals surface area contributed by atoms with E-state index in [4.69, 9.17) is 0 Å². The second kappa shape index (κ2) is 8.37. The highest BCUT2D eigenvalue weighted by Crippen LogP contribution is 2.09. The van der Waals surface area contributed by atoms with E-state index in [-0.39, 0.29) is 5.82 Å². The summed E-state index contributed by atoms with van der Waals surface area (Å²) in [6.07, 6.45) is 3.89. The predicted octanol–water partition coefficient (Wildman–Crippen LogP) is 0.623. The molecule has 1 fully saturated rings. The van der Waals surface area contributed by atoms with E-state index in [1.165, 1.54) is 17.0 Å². The molecule has 1 aromatic heterocycles. The maximum absolute atomic E-state index is 12.9. The summed E-state index contributed by atoms with van der Waals surface area (Å²) in [6.45, 7) is 2.39. The molecule has 7 nitrogen and oxygen atoms in total. The fourth-order valence-electron chi connectivity index (χ4n) is 2.75. The topological polar surface area (TPSA) is 78.4 Å². The van der Waals surface area contributed by atoms with Gasteiger partial charge in [0.15, 0.2) is 0 Å². The summed E-state index contributed by atoms with van der Waals surface area (Å²) in [7, 11) is 0. The third-order valence-corrected chi connectivity index (χ3v) is 4.21. The van der Waals surface area contributed by atoms with Gasteiger partial charge in [-0.2, -0.15) is 0 Å². The molecule has 0 atom stereocenters. The molecule has 1 N–H and O–H groups in total. The van der Waals surface area contributed by atoms with Gasteiger partial charge in [0.25, 0.3) is 0 Å². The summed E-state index contributed by atoms with van der Waals surface area (Å²) in [5.74, 6) is -0.814. The van der Waals surface area contributed by atoms with Gasteiger partial charge in [-0.25, -0.2) is 14.4 Å². The molecule has 0 saturated carbocycles. The number of carbonyl (C=O) groups is 2. The maximum Gasteiger partial charge on any atom is 0.312 e.